The lowest BCUT2D eigenvalue weighted by molar-refractivity contribution is 0.0999. The van der Waals surface area contributed by atoms with Crippen LogP contribution in [0.4, 0.5) is 0 Å². The summed E-state index contributed by atoms with van der Waals surface area (Å²) >= 11 is 0. The normalized spacial score (nSPS) is 11.5. The summed E-state index contributed by atoms with van der Waals surface area (Å²) in [5, 5.41) is 0. The third-order valence-electron chi connectivity index (χ3n) is 4.37. The molecule has 2 aromatic carbocycles. The summed E-state index contributed by atoms with van der Waals surface area (Å²) in [5.41, 5.74) is 10.6. The molecule has 2 N–H and O–H groups in total. The molecule has 0 fully saturated rings. The fourth-order valence-electron chi connectivity index (χ4n) is 2.88. The van der Waals surface area contributed by atoms with Crippen LogP contribution in [0.15, 0.2) is 61.2 Å². The van der Waals surface area contributed by atoms with Crippen LogP contribution in [0.5, 0.6) is 0 Å². The van der Waals surface area contributed by atoms with Gasteiger partial charge in [-0.15, -0.1) is 0 Å². The molecule has 0 bridgehead atoms. The lowest BCUT2D eigenvalue weighted by atomic mass is 9.86. The van der Waals surface area contributed by atoms with Gasteiger partial charge in [0.15, 0.2) is 0 Å². The maximum absolute atomic E-state index is 11.8. The minimum atomic E-state index is -0.412. The molecule has 0 saturated heterocycles. The number of nitrogens with zero attached hydrogens (tertiary/aromatic N) is 2. The van der Waals surface area contributed by atoms with E-state index < -0.39 is 5.91 Å². The van der Waals surface area contributed by atoms with Crippen molar-refractivity contribution in [3.05, 3.63) is 77.9 Å². The van der Waals surface area contributed by atoms with Crippen molar-refractivity contribution >= 4 is 5.91 Å². The van der Waals surface area contributed by atoms with Gasteiger partial charge >= 0.3 is 0 Å². The van der Waals surface area contributed by atoms with E-state index in [1.54, 1.807) is 12.5 Å². The zero-order valence-corrected chi connectivity index (χ0v) is 14.9. The molecule has 0 aliphatic rings. The average Bonchev–Trinajstić information content (AvgIpc) is 3.07. The molecule has 4 nitrogen and oxygen atoms in total. The lowest BCUT2D eigenvalue weighted by Crippen LogP contribution is -2.15. The fraction of sp³-hybridized carbons (Fsp3) is 0.238. The van der Waals surface area contributed by atoms with Crippen molar-refractivity contribution in [2.45, 2.75) is 32.7 Å². The molecule has 4 heteroatoms. The molecule has 0 spiro atoms. The Morgan fingerprint density at radius 2 is 1.76 bits per heavy atom. The molecular weight excluding hydrogens is 310 g/mol. The molecular formula is C21H23N3O. The fourth-order valence-corrected chi connectivity index (χ4v) is 2.88. The second kappa shape index (κ2) is 6.55. The number of amides is 1. The molecule has 0 unspecified atom stereocenters. The molecule has 1 heterocycles. The van der Waals surface area contributed by atoms with Crippen LogP contribution < -0.4 is 5.73 Å². The number of hydrogen-bond donors (Lipinski definition) is 1. The smallest absolute Gasteiger partial charge is 0.249 e. The van der Waals surface area contributed by atoms with Gasteiger partial charge in [0, 0.05) is 24.5 Å². The highest BCUT2D eigenvalue weighted by atomic mass is 16.1. The number of aromatic nitrogens is 2. The molecule has 0 saturated carbocycles. The van der Waals surface area contributed by atoms with Crippen LogP contribution in [-0.2, 0) is 12.0 Å². The Hall–Kier alpha value is -2.88. The van der Waals surface area contributed by atoms with E-state index in [2.05, 4.69) is 50.0 Å². The van der Waals surface area contributed by atoms with Gasteiger partial charge in [-0.25, -0.2) is 4.98 Å². The van der Waals surface area contributed by atoms with E-state index in [0.717, 1.165) is 16.7 Å². The number of benzene rings is 2. The van der Waals surface area contributed by atoms with E-state index in [1.807, 2.05) is 29.0 Å². The predicted molar refractivity (Wildman–Crippen MR) is 100 cm³/mol. The van der Waals surface area contributed by atoms with Gasteiger partial charge in [-0.1, -0.05) is 51.1 Å². The van der Waals surface area contributed by atoms with Gasteiger partial charge in [-0.05, 0) is 39.8 Å². The van der Waals surface area contributed by atoms with Gasteiger partial charge in [0.2, 0.25) is 5.91 Å². The first-order valence-electron chi connectivity index (χ1n) is 8.34. The maximum Gasteiger partial charge on any atom is 0.249 e. The van der Waals surface area contributed by atoms with Crippen molar-refractivity contribution in [3.8, 4) is 11.1 Å². The molecule has 3 aromatic rings. The number of carbonyl (C=O) groups is 1. The highest BCUT2D eigenvalue weighted by Crippen LogP contribution is 2.27. The monoisotopic (exact) mass is 333 g/mol. The molecule has 0 aliphatic carbocycles. The van der Waals surface area contributed by atoms with Gasteiger partial charge < -0.3 is 10.3 Å². The molecule has 25 heavy (non-hydrogen) atoms. The Morgan fingerprint density at radius 3 is 2.32 bits per heavy atom. The van der Waals surface area contributed by atoms with Gasteiger partial charge in [0.25, 0.3) is 0 Å². The molecule has 0 atom stereocenters. The van der Waals surface area contributed by atoms with E-state index in [1.165, 1.54) is 5.56 Å². The standard InChI is InChI=1S/C21H23N3O/c1-21(2,3)18-7-4-15(5-8-18)16-6-9-19(20(22)25)17(12-16)13-24-11-10-23-14-24/h4-12,14H,13H2,1-3H3,(H2,22,25). The Balaban J connectivity index is 1.98. The maximum atomic E-state index is 11.8. The Labute approximate surface area is 148 Å². The van der Waals surface area contributed by atoms with Crippen LogP contribution in [-0.4, -0.2) is 15.5 Å². The first-order chi connectivity index (χ1) is 11.8. The number of carbonyl (C=O) groups excluding carboxylic acids is 1. The number of hydrogen-bond acceptors (Lipinski definition) is 2. The first kappa shape index (κ1) is 17.0. The topological polar surface area (TPSA) is 60.9 Å². The first-order valence-corrected chi connectivity index (χ1v) is 8.34. The molecule has 0 aliphatic heterocycles. The molecule has 3 rings (SSSR count). The van der Waals surface area contributed by atoms with Crippen LogP contribution in [0.2, 0.25) is 0 Å². The van der Waals surface area contributed by atoms with Gasteiger partial charge in [-0.3, -0.25) is 4.79 Å². The van der Waals surface area contributed by atoms with Gasteiger partial charge in [0.05, 0.1) is 6.33 Å². The number of rotatable bonds is 4. The summed E-state index contributed by atoms with van der Waals surface area (Å²) in [4.78, 5) is 15.8. The number of imidazole rings is 1. The summed E-state index contributed by atoms with van der Waals surface area (Å²) in [5.74, 6) is -0.412. The number of nitrogens with two attached hydrogens (primary N) is 1. The molecule has 128 valence electrons. The van der Waals surface area contributed by atoms with Crippen molar-refractivity contribution in [1.29, 1.82) is 0 Å². The minimum absolute atomic E-state index is 0.126. The van der Waals surface area contributed by atoms with Crippen LogP contribution in [0.1, 0.15) is 42.3 Å². The SMILES string of the molecule is CC(C)(C)c1ccc(-c2ccc(C(N)=O)c(Cn3ccnc3)c2)cc1. The van der Waals surface area contributed by atoms with Crippen molar-refractivity contribution in [2.24, 2.45) is 5.73 Å². The van der Waals surface area contributed by atoms with Crippen LogP contribution in [0.3, 0.4) is 0 Å². The second-order valence-electron chi connectivity index (χ2n) is 7.30. The van der Waals surface area contributed by atoms with Crippen molar-refractivity contribution in [2.75, 3.05) is 0 Å². The van der Waals surface area contributed by atoms with E-state index in [-0.39, 0.29) is 5.41 Å². The third-order valence-corrected chi connectivity index (χ3v) is 4.37. The van der Waals surface area contributed by atoms with Gasteiger partial charge in [0.1, 0.15) is 0 Å². The van der Waals surface area contributed by atoms with Crippen molar-refractivity contribution in [3.63, 3.8) is 0 Å². The van der Waals surface area contributed by atoms with E-state index in [9.17, 15) is 4.79 Å². The summed E-state index contributed by atoms with van der Waals surface area (Å²) in [6, 6.07) is 14.4. The Kier molecular flexibility index (Phi) is 4.45. The molecule has 1 amide bonds. The summed E-state index contributed by atoms with van der Waals surface area (Å²) in [6.07, 6.45) is 5.32. The Morgan fingerprint density at radius 1 is 1.08 bits per heavy atom. The number of primary amides is 1. The molecule has 0 radical (unpaired) electrons. The van der Waals surface area contributed by atoms with Crippen LogP contribution in [0.25, 0.3) is 11.1 Å². The summed E-state index contributed by atoms with van der Waals surface area (Å²) in [7, 11) is 0. The quantitative estimate of drug-likeness (QED) is 0.784. The van der Waals surface area contributed by atoms with E-state index in [4.69, 9.17) is 5.73 Å². The van der Waals surface area contributed by atoms with E-state index >= 15 is 0 Å². The van der Waals surface area contributed by atoms with Crippen molar-refractivity contribution in [1.82, 2.24) is 9.55 Å². The largest absolute Gasteiger partial charge is 0.366 e. The summed E-state index contributed by atoms with van der Waals surface area (Å²) in [6.45, 7) is 7.17. The summed E-state index contributed by atoms with van der Waals surface area (Å²) < 4.78 is 1.92. The predicted octanol–water partition coefficient (Wildman–Crippen LogP) is 3.99. The zero-order valence-electron chi connectivity index (χ0n) is 14.9. The molecule has 1 aromatic heterocycles. The highest BCUT2D eigenvalue weighted by molar-refractivity contribution is 5.95. The van der Waals surface area contributed by atoms with Gasteiger partial charge in [-0.2, -0.15) is 0 Å². The highest BCUT2D eigenvalue weighted by Gasteiger charge is 2.14. The van der Waals surface area contributed by atoms with Crippen LogP contribution in [0, 0.1) is 0 Å². The Bertz CT molecular complexity index is 873. The van der Waals surface area contributed by atoms with Crippen LogP contribution >= 0.6 is 0 Å². The van der Waals surface area contributed by atoms with Crippen molar-refractivity contribution < 1.29 is 4.79 Å². The van der Waals surface area contributed by atoms with E-state index in [0.29, 0.717) is 12.1 Å². The third kappa shape index (κ3) is 3.79. The zero-order chi connectivity index (χ0) is 18.0. The lowest BCUT2D eigenvalue weighted by Gasteiger charge is -2.19. The average molecular weight is 333 g/mol. The second-order valence-corrected chi connectivity index (χ2v) is 7.30. The minimum Gasteiger partial charge on any atom is -0.366 e.